The molecule has 0 unspecified atom stereocenters. The van der Waals surface area contributed by atoms with Crippen LogP contribution < -0.4 is 10.9 Å². The molecule has 0 bridgehead atoms. The van der Waals surface area contributed by atoms with Crippen molar-refractivity contribution in [1.29, 1.82) is 0 Å². The number of aromatic nitrogens is 1. The number of fused-ring (bicyclic) bond motifs is 1. The molecule has 2 N–H and O–H groups in total. The van der Waals surface area contributed by atoms with Gasteiger partial charge in [0.1, 0.15) is 5.82 Å². The van der Waals surface area contributed by atoms with Crippen molar-refractivity contribution in [3.05, 3.63) is 59.8 Å². The number of amides is 3. The fraction of sp³-hybridized carbons (Fsp3) is 0.125. The van der Waals surface area contributed by atoms with Crippen molar-refractivity contribution in [3.63, 3.8) is 0 Å². The zero-order chi connectivity index (χ0) is 16.2. The fourth-order valence-electron chi connectivity index (χ4n) is 2.29. The highest BCUT2D eigenvalue weighted by Crippen LogP contribution is 2.22. The molecule has 1 aromatic heterocycles. The van der Waals surface area contributed by atoms with Crippen LogP contribution in [-0.2, 0) is 4.79 Å². The number of nitrogens with one attached hydrogen (secondary N) is 2. The zero-order valence-electron chi connectivity index (χ0n) is 12.2. The van der Waals surface area contributed by atoms with Crippen LogP contribution in [0, 0.1) is 0 Å². The van der Waals surface area contributed by atoms with Gasteiger partial charge in [0, 0.05) is 19.2 Å². The average molecular weight is 310 g/mol. The highest BCUT2D eigenvalue weighted by atomic mass is 16.2. The largest absolute Gasteiger partial charge is 0.282 e. The van der Waals surface area contributed by atoms with Crippen molar-refractivity contribution < 1.29 is 14.4 Å². The van der Waals surface area contributed by atoms with E-state index in [-0.39, 0.29) is 30.7 Å². The van der Waals surface area contributed by atoms with E-state index in [1.54, 1.807) is 48.7 Å². The van der Waals surface area contributed by atoms with E-state index in [4.69, 9.17) is 0 Å². The molecule has 0 saturated heterocycles. The molecule has 1 aliphatic rings. The molecule has 0 atom stereocenters. The minimum Gasteiger partial charge on any atom is -0.282 e. The number of hydrogen-bond acceptors (Lipinski definition) is 5. The third-order valence-electron chi connectivity index (χ3n) is 3.44. The van der Waals surface area contributed by atoms with E-state index in [1.807, 2.05) is 0 Å². The van der Waals surface area contributed by atoms with Crippen molar-refractivity contribution in [2.75, 3.05) is 12.0 Å². The Morgan fingerprint density at radius 3 is 2.26 bits per heavy atom. The molecule has 1 aliphatic heterocycles. The van der Waals surface area contributed by atoms with Crippen LogP contribution in [0.3, 0.4) is 0 Å². The molecule has 3 rings (SSSR count). The first-order valence-electron chi connectivity index (χ1n) is 7.08. The first kappa shape index (κ1) is 14.7. The topological polar surface area (TPSA) is 91.4 Å². The molecule has 7 nitrogen and oxygen atoms in total. The van der Waals surface area contributed by atoms with E-state index in [1.165, 1.54) is 0 Å². The Morgan fingerprint density at radius 1 is 1.00 bits per heavy atom. The Hall–Kier alpha value is -3.22. The summed E-state index contributed by atoms with van der Waals surface area (Å²) in [6, 6.07) is 11.9. The van der Waals surface area contributed by atoms with Crippen molar-refractivity contribution >= 4 is 23.5 Å². The lowest BCUT2D eigenvalue weighted by Crippen LogP contribution is -2.36. The Balaban J connectivity index is 1.54. The second kappa shape index (κ2) is 6.27. The molecule has 0 spiro atoms. The summed E-state index contributed by atoms with van der Waals surface area (Å²) in [6.07, 6.45) is 1.60. The molecule has 23 heavy (non-hydrogen) atoms. The standard InChI is InChI=1S/C16H14N4O3/c21-14(19-18-13-7-3-4-9-17-13)8-10-20-15(22)11-5-1-2-6-12(11)16(20)23/h1-7,9H,8,10H2,(H,17,18)(H,19,21). The van der Waals surface area contributed by atoms with Crippen molar-refractivity contribution in [2.45, 2.75) is 6.42 Å². The molecule has 2 aromatic rings. The first-order valence-corrected chi connectivity index (χ1v) is 7.08. The smallest absolute Gasteiger partial charge is 0.261 e. The maximum absolute atomic E-state index is 12.1. The molecule has 0 fully saturated rings. The zero-order valence-corrected chi connectivity index (χ0v) is 12.2. The summed E-state index contributed by atoms with van der Waals surface area (Å²) in [5.74, 6) is -0.569. The van der Waals surface area contributed by atoms with Gasteiger partial charge >= 0.3 is 0 Å². The van der Waals surface area contributed by atoms with Gasteiger partial charge in [0.05, 0.1) is 11.1 Å². The van der Waals surface area contributed by atoms with Crippen molar-refractivity contribution in [2.24, 2.45) is 0 Å². The normalized spacial score (nSPS) is 13.0. The molecule has 3 amide bonds. The number of carbonyl (C=O) groups excluding carboxylic acids is 3. The molecule has 0 radical (unpaired) electrons. The molecule has 116 valence electrons. The van der Waals surface area contributed by atoms with Gasteiger partial charge in [-0.25, -0.2) is 4.98 Å². The molecule has 7 heteroatoms. The van der Waals surface area contributed by atoms with Crippen LogP contribution in [0.4, 0.5) is 5.82 Å². The number of rotatable bonds is 5. The molecule has 2 heterocycles. The van der Waals surface area contributed by atoms with E-state index in [9.17, 15) is 14.4 Å². The Labute approximate surface area is 132 Å². The Kier molecular flexibility index (Phi) is 4.01. The maximum atomic E-state index is 12.1. The van der Waals surface area contributed by atoms with Crippen molar-refractivity contribution in [3.8, 4) is 0 Å². The quantitative estimate of drug-likeness (QED) is 0.640. The molecule has 1 aromatic carbocycles. The van der Waals surface area contributed by atoms with Crippen LogP contribution >= 0.6 is 0 Å². The minimum atomic E-state index is -0.365. The van der Waals surface area contributed by atoms with E-state index < -0.39 is 0 Å². The summed E-state index contributed by atoms with van der Waals surface area (Å²) >= 11 is 0. The summed E-state index contributed by atoms with van der Waals surface area (Å²) in [7, 11) is 0. The second-order valence-corrected chi connectivity index (χ2v) is 4.95. The van der Waals surface area contributed by atoms with Gasteiger partial charge < -0.3 is 0 Å². The number of hydrogen-bond donors (Lipinski definition) is 2. The van der Waals surface area contributed by atoms with Gasteiger partial charge in [-0.2, -0.15) is 0 Å². The van der Waals surface area contributed by atoms with Gasteiger partial charge in [0.25, 0.3) is 11.8 Å². The number of nitrogens with zero attached hydrogens (tertiary/aromatic N) is 2. The van der Waals surface area contributed by atoms with Gasteiger partial charge in [-0.15, -0.1) is 0 Å². The van der Waals surface area contributed by atoms with Gasteiger partial charge in [0.15, 0.2) is 0 Å². The maximum Gasteiger partial charge on any atom is 0.261 e. The van der Waals surface area contributed by atoms with Crippen LogP contribution in [0.2, 0.25) is 0 Å². The molecule has 0 aliphatic carbocycles. The lowest BCUT2D eigenvalue weighted by atomic mass is 10.1. The van der Waals surface area contributed by atoms with E-state index >= 15 is 0 Å². The monoisotopic (exact) mass is 310 g/mol. The van der Waals surface area contributed by atoms with Gasteiger partial charge in [0.2, 0.25) is 5.91 Å². The predicted octanol–water partition coefficient (Wildman–Crippen LogP) is 1.21. The highest BCUT2D eigenvalue weighted by Gasteiger charge is 2.34. The van der Waals surface area contributed by atoms with Crippen molar-refractivity contribution in [1.82, 2.24) is 15.3 Å². The van der Waals surface area contributed by atoms with Gasteiger partial charge in [-0.05, 0) is 24.3 Å². The number of anilines is 1. The second-order valence-electron chi connectivity index (χ2n) is 4.95. The van der Waals surface area contributed by atoms with Gasteiger partial charge in [-0.3, -0.25) is 30.1 Å². The number of hydrazine groups is 1. The fourth-order valence-corrected chi connectivity index (χ4v) is 2.29. The number of imide groups is 1. The number of carbonyl (C=O) groups is 3. The van der Waals surface area contributed by atoms with Crippen LogP contribution in [0.25, 0.3) is 0 Å². The van der Waals surface area contributed by atoms with E-state index in [0.717, 1.165) is 4.90 Å². The predicted molar refractivity (Wildman–Crippen MR) is 82.4 cm³/mol. The SMILES string of the molecule is O=C(CCN1C(=O)c2ccccc2C1=O)NNc1ccccn1. The highest BCUT2D eigenvalue weighted by molar-refractivity contribution is 6.21. The minimum absolute atomic E-state index is 0.00526. The lowest BCUT2D eigenvalue weighted by Gasteiger charge is -2.13. The Morgan fingerprint density at radius 2 is 1.65 bits per heavy atom. The van der Waals surface area contributed by atoms with Gasteiger partial charge in [-0.1, -0.05) is 18.2 Å². The molecular weight excluding hydrogens is 296 g/mol. The number of benzene rings is 1. The summed E-state index contributed by atoms with van der Waals surface area (Å²) in [6.45, 7) is 0.0298. The average Bonchev–Trinajstić information content (AvgIpc) is 2.83. The molecule has 0 saturated carbocycles. The van der Waals surface area contributed by atoms with Crippen LogP contribution in [0.1, 0.15) is 27.1 Å². The van der Waals surface area contributed by atoms with Crippen LogP contribution in [-0.4, -0.2) is 34.2 Å². The van der Waals surface area contributed by atoms with Crippen LogP contribution in [0.5, 0.6) is 0 Å². The summed E-state index contributed by atoms with van der Waals surface area (Å²) in [5, 5.41) is 0. The summed E-state index contributed by atoms with van der Waals surface area (Å²) < 4.78 is 0. The third kappa shape index (κ3) is 3.03. The first-order chi connectivity index (χ1) is 11.2. The summed E-state index contributed by atoms with van der Waals surface area (Å²) in [5.41, 5.74) is 5.89. The Bertz CT molecular complexity index is 726. The molecular formula is C16H14N4O3. The van der Waals surface area contributed by atoms with E-state index in [0.29, 0.717) is 16.9 Å². The third-order valence-corrected chi connectivity index (χ3v) is 3.44. The van der Waals surface area contributed by atoms with E-state index in [2.05, 4.69) is 15.8 Å². The van der Waals surface area contributed by atoms with Crippen LogP contribution in [0.15, 0.2) is 48.7 Å². The summed E-state index contributed by atoms with van der Waals surface area (Å²) in [4.78, 5) is 41.2. The number of pyridine rings is 1. The lowest BCUT2D eigenvalue weighted by molar-refractivity contribution is -0.120.